The molecular weight excluding hydrogens is 264 g/mol. The lowest BCUT2D eigenvalue weighted by molar-refractivity contribution is 0.146. The van der Waals surface area contributed by atoms with Crippen molar-refractivity contribution < 1.29 is 9.47 Å². The summed E-state index contributed by atoms with van der Waals surface area (Å²) in [5.41, 5.74) is 1.18. The third kappa shape index (κ3) is 5.21. The van der Waals surface area contributed by atoms with E-state index in [1.54, 1.807) is 7.11 Å². The molecule has 1 saturated heterocycles. The fraction of sp³-hybridized carbons (Fsp3) is 0.647. The second-order valence-electron chi connectivity index (χ2n) is 5.91. The van der Waals surface area contributed by atoms with E-state index in [1.807, 2.05) is 12.1 Å². The summed E-state index contributed by atoms with van der Waals surface area (Å²) in [5, 5.41) is 3.63. The maximum absolute atomic E-state index is 5.57. The number of piperidine rings is 1. The molecule has 2 rings (SSSR count). The Balaban J connectivity index is 1.76. The van der Waals surface area contributed by atoms with Gasteiger partial charge in [-0.05, 0) is 51.0 Å². The predicted octanol–water partition coefficient (Wildman–Crippen LogP) is 3.00. The van der Waals surface area contributed by atoms with E-state index < -0.39 is 0 Å². The molecule has 118 valence electrons. The van der Waals surface area contributed by atoms with Crippen molar-refractivity contribution >= 4 is 5.69 Å². The number of hydrogen-bond acceptors (Lipinski definition) is 4. The van der Waals surface area contributed by atoms with E-state index >= 15 is 0 Å². The van der Waals surface area contributed by atoms with Crippen molar-refractivity contribution in [3.63, 3.8) is 0 Å². The third-order valence-corrected chi connectivity index (χ3v) is 4.04. The van der Waals surface area contributed by atoms with E-state index in [2.05, 4.69) is 36.2 Å². The number of nitrogens with zero attached hydrogens (tertiary/aromatic N) is 1. The fourth-order valence-electron chi connectivity index (χ4n) is 2.69. The summed E-state index contributed by atoms with van der Waals surface area (Å²) in [6, 6.07) is 9.46. The highest BCUT2D eigenvalue weighted by Gasteiger charge is 2.20. The first-order valence-corrected chi connectivity index (χ1v) is 7.91. The second-order valence-corrected chi connectivity index (χ2v) is 5.91. The van der Waals surface area contributed by atoms with Crippen LogP contribution in [0, 0.1) is 0 Å². The Labute approximate surface area is 128 Å². The highest BCUT2D eigenvalue weighted by Crippen LogP contribution is 2.20. The van der Waals surface area contributed by atoms with Crippen LogP contribution in [-0.2, 0) is 4.74 Å². The first-order chi connectivity index (χ1) is 10.2. The van der Waals surface area contributed by atoms with Crippen LogP contribution >= 0.6 is 0 Å². The lowest BCUT2D eigenvalue weighted by atomic mass is 10.0. The minimum atomic E-state index is 0.584. The smallest absolute Gasteiger partial charge is 0.119 e. The quantitative estimate of drug-likeness (QED) is 0.783. The fourth-order valence-corrected chi connectivity index (χ4v) is 2.69. The van der Waals surface area contributed by atoms with Crippen LogP contribution in [0.15, 0.2) is 24.3 Å². The molecule has 0 atom stereocenters. The van der Waals surface area contributed by atoms with E-state index in [4.69, 9.17) is 9.47 Å². The van der Waals surface area contributed by atoms with Crippen LogP contribution in [0.2, 0.25) is 0 Å². The lowest BCUT2D eigenvalue weighted by Gasteiger charge is -2.35. The Kier molecular flexibility index (Phi) is 6.33. The van der Waals surface area contributed by atoms with Gasteiger partial charge in [-0.1, -0.05) is 0 Å². The molecule has 0 radical (unpaired) electrons. The summed E-state index contributed by atoms with van der Waals surface area (Å²) in [6.45, 7) is 8.14. The molecule has 21 heavy (non-hydrogen) atoms. The Morgan fingerprint density at radius 2 is 1.81 bits per heavy atom. The predicted molar refractivity (Wildman–Crippen MR) is 87.2 cm³/mol. The molecule has 1 aromatic carbocycles. The Hall–Kier alpha value is -1.26. The highest BCUT2D eigenvalue weighted by atomic mass is 16.5. The van der Waals surface area contributed by atoms with Gasteiger partial charge in [-0.2, -0.15) is 0 Å². The average molecular weight is 292 g/mol. The molecule has 1 aromatic rings. The van der Waals surface area contributed by atoms with Gasteiger partial charge < -0.3 is 19.7 Å². The molecule has 1 N–H and O–H groups in total. The van der Waals surface area contributed by atoms with Gasteiger partial charge in [-0.15, -0.1) is 0 Å². The number of rotatable bonds is 7. The number of anilines is 1. The number of ether oxygens (including phenoxy) is 2. The van der Waals surface area contributed by atoms with Gasteiger partial charge in [0.05, 0.1) is 6.61 Å². The zero-order valence-corrected chi connectivity index (χ0v) is 13.5. The molecule has 1 heterocycles. The molecule has 1 fully saturated rings. The summed E-state index contributed by atoms with van der Waals surface area (Å²) in [5.74, 6) is 0.896. The van der Waals surface area contributed by atoms with Crippen LogP contribution in [-0.4, -0.2) is 50.4 Å². The standard InChI is InChI=1S/C17H28N2O2/c1-14(2)19-10-8-16(9-11-19)18-15-4-6-17(7-5-15)21-13-12-20-3/h4-7,14,16,18H,8-13H2,1-3H3. The zero-order valence-electron chi connectivity index (χ0n) is 13.5. The highest BCUT2D eigenvalue weighted by molar-refractivity contribution is 5.47. The topological polar surface area (TPSA) is 33.7 Å². The second kappa shape index (κ2) is 8.25. The third-order valence-electron chi connectivity index (χ3n) is 4.04. The number of nitrogens with one attached hydrogen (secondary N) is 1. The molecule has 4 heteroatoms. The van der Waals surface area contributed by atoms with Crippen LogP contribution in [0.3, 0.4) is 0 Å². The molecule has 0 aromatic heterocycles. The Morgan fingerprint density at radius 1 is 1.14 bits per heavy atom. The monoisotopic (exact) mass is 292 g/mol. The first kappa shape index (κ1) is 16.1. The molecule has 0 unspecified atom stereocenters. The molecule has 0 aliphatic carbocycles. The summed E-state index contributed by atoms with van der Waals surface area (Å²) in [7, 11) is 1.68. The van der Waals surface area contributed by atoms with Gasteiger partial charge in [0.2, 0.25) is 0 Å². The van der Waals surface area contributed by atoms with E-state index in [-0.39, 0.29) is 0 Å². The maximum Gasteiger partial charge on any atom is 0.119 e. The van der Waals surface area contributed by atoms with Crippen LogP contribution in [0.4, 0.5) is 5.69 Å². The SMILES string of the molecule is COCCOc1ccc(NC2CCN(C(C)C)CC2)cc1. The minimum absolute atomic E-state index is 0.584. The first-order valence-electron chi connectivity index (χ1n) is 7.91. The van der Waals surface area contributed by atoms with Crippen LogP contribution in [0.1, 0.15) is 26.7 Å². The Bertz CT molecular complexity index is 398. The van der Waals surface area contributed by atoms with Gasteiger partial charge in [0.15, 0.2) is 0 Å². The van der Waals surface area contributed by atoms with Crippen molar-refractivity contribution in [3.05, 3.63) is 24.3 Å². The molecule has 1 aliphatic rings. The minimum Gasteiger partial charge on any atom is -0.491 e. The number of methoxy groups -OCH3 is 1. The molecule has 1 aliphatic heterocycles. The molecule has 4 nitrogen and oxygen atoms in total. The van der Waals surface area contributed by atoms with E-state index in [9.17, 15) is 0 Å². The van der Waals surface area contributed by atoms with Gasteiger partial charge in [0.1, 0.15) is 12.4 Å². The largest absolute Gasteiger partial charge is 0.491 e. The van der Waals surface area contributed by atoms with Gasteiger partial charge >= 0.3 is 0 Å². The van der Waals surface area contributed by atoms with Crippen LogP contribution in [0.25, 0.3) is 0 Å². The van der Waals surface area contributed by atoms with E-state index in [0.717, 1.165) is 5.75 Å². The van der Waals surface area contributed by atoms with Crippen molar-refractivity contribution in [3.8, 4) is 5.75 Å². The average Bonchev–Trinajstić information content (AvgIpc) is 2.50. The molecule has 0 saturated carbocycles. The molecule has 0 bridgehead atoms. The number of likely N-dealkylation sites (tertiary alicyclic amines) is 1. The van der Waals surface area contributed by atoms with Crippen molar-refractivity contribution in [1.82, 2.24) is 4.90 Å². The molecular formula is C17H28N2O2. The van der Waals surface area contributed by atoms with Crippen LogP contribution < -0.4 is 10.1 Å². The lowest BCUT2D eigenvalue weighted by Crippen LogP contribution is -2.42. The number of benzene rings is 1. The van der Waals surface area contributed by atoms with Crippen molar-refractivity contribution in [2.75, 3.05) is 38.7 Å². The molecule has 0 spiro atoms. The maximum atomic E-state index is 5.57. The van der Waals surface area contributed by atoms with Gasteiger partial charge in [0.25, 0.3) is 0 Å². The van der Waals surface area contributed by atoms with Gasteiger partial charge in [-0.3, -0.25) is 0 Å². The Morgan fingerprint density at radius 3 is 2.38 bits per heavy atom. The van der Waals surface area contributed by atoms with E-state index in [1.165, 1.54) is 31.6 Å². The summed E-state index contributed by atoms with van der Waals surface area (Å²) >= 11 is 0. The van der Waals surface area contributed by atoms with Gasteiger partial charge in [0, 0.05) is 38.0 Å². The summed E-state index contributed by atoms with van der Waals surface area (Å²) in [6.07, 6.45) is 2.43. The van der Waals surface area contributed by atoms with Crippen molar-refractivity contribution in [1.29, 1.82) is 0 Å². The normalized spacial score (nSPS) is 17.1. The zero-order chi connectivity index (χ0) is 15.1. The van der Waals surface area contributed by atoms with Gasteiger partial charge in [-0.25, -0.2) is 0 Å². The summed E-state index contributed by atoms with van der Waals surface area (Å²) in [4.78, 5) is 2.55. The summed E-state index contributed by atoms with van der Waals surface area (Å²) < 4.78 is 10.5. The van der Waals surface area contributed by atoms with Crippen LogP contribution in [0.5, 0.6) is 5.75 Å². The van der Waals surface area contributed by atoms with E-state index in [0.29, 0.717) is 25.3 Å². The number of hydrogen-bond donors (Lipinski definition) is 1. The van der Waals surface area contributed by atoms with Crippen molar-refractivity contribution in [2.24, 2.45) is 0 Å². The molecule has 0 amide bonds. The van der Waals surface area contributed by atoms with Crippen molar-refractivity contribution in [2.45, 2.75) is 38.8 Å².